The highest BCUT2D eigenvalue weighted by molar-refractivity contribution is 5.64. The zero-order chi connectivity index (χ0) is 11.2. The summed E-state index contributed by atoms with van der Waals surface area (Å²) in [7, 11) is 0. The molecule has 0 atom stereocenters. The minimum absolute atomic E-state index is 0.225. The van der Waals surface area contributed by atoms with Crippen LogP contribution in [-0.2, 0) is 5.54 Å². The molecule has 82 valence electrons. The van der Waals surface area contributed by atoms with Gasteiger partial charge >= 0.3 is 0 Å². The quantitative estimate of drug-likeness (QED) is 0.809. The van der Waals surface area contributed by atoms with Crippen molar-refractivity contribution < 1.29 is 4.39 Å². The number of halogens is 1. The van der Waals surface area contributed by atoms with Crippen LogP contribution in [0.4, 0.5) is 4.39 Å². The van der Waals surface area contributed by atoms with Gasteiger partial charge in [-0.15, -0.1) is 0 Å². The van der Waals surface area contributed by atoms with Gasteiger partial charge in [0.2, 0.25) is 0 Å². The SMILES string of the molecule is NC1(c2cn[nH]c2-c2ccc(F)cc2)CC1. The summed E-state index contributed by atoms with van der Waals surface area (Å²) >= 11 is 0. The number of aromatic amines is 1. The number of hydrogen-bond acceptors (Lipinski definition) is 2. The van der Waals surface area contributed by atoms with Crippen molar-refractivity contribution in [2.75, 3.05) is 0 Å². The Morgan fingerprint density at radius 2 is 1.94 bits per heavy atom. The predicted molar refractivity (Wildman–Crippen MR) is 59.1 cm³/mol. The highest BCUT2D eigenvalue weighted by Crippen LogP contribution is 2.45. The lowest BCUT2D eigenvalue weighted by Gasteiger charge is -2.09. The van der Waals surface area contributed by atoms with Crippen LogP contribution in [0, 0.1) is 5.82 Å². The van der Waals surface area contributed by atoms with Gasteiger partial charge in [0.15, 0.2) is 0 Å². The third-order valence-electron chi connectivity index (χ3n) is 3.10. The molecule has 0 saturated heterocycles. The van der Waals surface area contributed by atoms with E-state index in [0.717, 1.165) is 29.7 Å². The fourth-order valence-electron chi connectivity index (χ4n) is 1.90. The van der Waals surface area contributed by atoms with Crippen LogP contribution in [0.1, 0.15) is 18.4 Å². The van der Waals surface area contributed by atoms with Crippen LogP contribution in [0.2, 0.25) is 0 Å². The second-order valence-corrected chi connectivity index (χ2v) is 4.32. The average molecular weight is 217 g/mol. The molecule has 1 saturated carbocycles. The van der Waals surface area contributed by atoms with E-state index in [-0.39, 0.29) is 11.4 Å². The fraction of sp³-hybridized carbons (Fsp3) is 0.250. The Labute approximate surface area is 92.5 Å². The Kier molecular flexibility index (Phi) is 1.88. The molecule has 0 spiro atoms. The number of nitrogens with one attached hydrogen (secondary N) is 1. The molecule has 3 nitrogen and oxygen atoms in total. The van der Waals surface area contributed by atoms with Gasteiger partial charge in [0, 0.05) is 16.7 Å². The Balaban J connectivity index is 2.06. The molecule has 0 amide bonds. The van der Waals surface area contributed by atoms with E-state index in [1.807, 2.05) is 0 Å². The van der Waals surface area contributed by atoms with Crippen LogP contribution >= 0.6 is 0 Å². The number of hydrogen-bond donors (Lipinski definition) is 2. The third kappa shape index (κ3) is 1.42. The van der Waals surface area contributed by atoms with E-state index in [9.17, 15) is 4.39 Å². The third-order valence-corrected chi connectivity index (χ3v) is 3.10. The van der Waals surface area contributed by atoms with E-state index in [2.05, 4.69) is 10.2 Å². The van der Waals surface area contributed by atoms with Gasteiger partial charge in [-0.25, -0.2) is 4.39 Å². The molecule has 4 heteroatoms. The molecule has 1 aromatic heterocycles. The molecule has 0 aliphatic heterocycles. The van der Waals surface area contributed by atoms with Crippen LogP contribution in [-0.4, -0.2) is 10.2 Å². The summed E-state index contributed by atoms with van der Waals surface area (Å²) in [6.07, 6.45) is 3.74. The van der Waals surface area contributed by atoms with E-state index >= 15 is 0 Å². The molecule has 3 N–H and O–H groups in total. The van der Waals surface area contributed by atoms with Crippen LogP contribution < -0.4 is 5.73 Å². The molecule has 1 aliphatic rings. The number of nitrogens with two attached hydrogens (primary N) is 1. The smallest absolute Gasteiger partial charge is 0.123 e. The van der Waals surface area contributed by atoms with Crippen molar-refractivity contribution in [3.05, 3.63) is 41.8 Å². The van der Waals surface area contributed by atoms with Gasteiger partial charge in [0.05, 0.1) is 11.9 Å². The first kappa shape index (κ1) is 9.54. The average Bonchev–Trinajstić information content (AvgIpc) is 2.84. The van der Waals surface area contributed by atoms with Gasteiger partial charge in [-0.3, -0.25) is 5.10 Å². The molecule has 3 rings (SSSR count). The molecule has 16 heavy (non-hydrogen) atoms. The van der Waals surface area contributed by atoms with Gasteiger partial charge in [0.1, 0.15) is 5.82 Å². The number of benzene rings is 1. The monoisotopic (exact) mass is 217 g/mol. The van der Waals surface area contributed by atoms with Crippen LogP contribution in [0.25, 0.3) is 11.3 Å². The molecule has 1 fully saturated rings. The summed E-state index contributed by atoms with van der Waals surface area (Å²) in [6.45, 7) is 0. The number of aromatic nitrogens is 2. The molecule has 2 aromatic rings. The molecular formula is C12H12FN3. The lowest BCUT2D eigenvalue weighted by Crippen LogP contribution is -2.18. The van der Waals surface area contributed by atoms with Gasteiger partial charge in [0.25, 0.3) is 0 Å². The van der Waals surface area contributed by atoms with Gasteiger partial charge < -0.3 is 5.73 Å². The Hall–Kier alpha value is -1.68. The summed E-state index contributed by atoms with van der Waals surface area (Å²) in [6, 6.07) is 6.35. The fourth-order valence-corrected chi connectivity index (χ4v) is 1.90. The van der Waals surface area contributed by atoms with Crippen molar-refractivity contribution in [3.63, 3.8) is 0 Å². The lowest BCUT2D eigenvalue weighted by molar-refractivity contribution is 0.628. The van der Waals surface area contributed by atoms with Crippen LogP contribution in [0.15, 0.2) is 30.5 Å². The lowest BCUT2D eigenvalue weighted by atomic mass is 10.0. The summed E-state index contributed by atoms with van der Waals surface area (Å²) in [5.41, 5.74) is 8.77. The molecule has 1 heterocycles. The Morgan fingerprint density at radius 1 is 1.25 bits per heavy atom. The Bertz CT molecular complexity index is 511. The molecule has 0 bridgehead atoms. The van der Waals surface area contributed by atoms with Crippen LogP contribution in [0.3, 0.4) is 0 Å². The maximum absolute atomic E-state index is 12.8. The first-order chi connectivity index (χ1) is 7.69. The first-order valence-electron chi connectivity index (χ1n) is 5.28. The summed E-state index contributed by atoms with van der Waals surface area (Å²) in [5.74, 6) is -0.237. The highest BCUT2D eigenvalue weighted by Gasteiger charge is 2.42. The van der Waals surface area contributed by atoms with Gasteiger partial charge in [-0.2, -0.15) is 5.10 Å². The highest BCUT2D eigenvalue weighted by atomic mass is 19.1. The van der Waals surface area contributed by atoms with Crippen molar-refractivity contribution in [3.8, 4) is 11.3 Å². The number of nitrogens with zero attached hydrogens (tertiary/aromatic N) is 1. The summed E-state index contributed by atoms with van der Waals surface area (Å²) < 4.78 is 12.8. The van der Waals surface area contributed by atoms with Gasteiger partial charge in [-0.05, 0) is 37.1 Å². The van der Waals surface area contributed by atoms with E-state index in [1.165, 1.54) is 12.1 Å². The second kappa shape index (κ2) is 3.15. The minimum atomic E-state index is -0.237. The molecule has 0 radical (unpaired) electrons. The zero-order valence-electron chi connectivity index (χ0n) is 8.70. The maximum atomic E-state index is 12.8. The molecule has 1 aliphatic carbocycles. The van der Waals surface area contributed by atoms with Crippen molar-refractivity contribution in [1.82, 2.24) is 10.2 Å². The van der Waals surface area contributed by atoms with Crippen molar-refractivity contribution in [2.24, 2.45) is 5.73 Å². The summed E-state index contributed by atoms with van der Waals surface area (Å²) in [4.78, 5) is 0. The van der Waals surface area contributed by atoms with Crippen molar-refractivity contribution >= 4 is 0 Å². The van der Waals surface area contributed by atoms with Gasteiger partial charge in [-0.1, -0.05) is 0 Å². The van der Waals surface area contributed by atoms with Crippen molar-refractivity contribution in [2.45, 2.75) is 18.4 Å². The zero-order valence-corrected chi connectivity index (χ0v) is 8.70. The van der Waals surface area contributed by atoms with E-state index in [4.69, 9.17) is 5.73 Å². The topological polar surface area (TPSA) is 54.7 Å². The normalized spacial score (nSPS) is 17.4. The predicted octanol–water partition coefficient (Wildman–Crippen LogP) is 2.16. The number of H-pyrrole nitrogens is 1. The standard InChI is InChI=1S/C12H12FN3/c13-9-3-1-8(2-4-9)11-10(7-15-16-11)12(14)5-6-12/h1-4,7H,5-6,14H2,(H,15,16). The van der Waals surface area contributed by atoms with E-state index < -0.39 is 0 Å². The van der Waals surface area contributed by atoms with Crippen molar-refractivity contribution in [1.29, 1.82) is 0 Å². The minimum Gasteiger partial charge on any atom is -0.321 e. The molecular weight excluding hydrogens is 205 g/mol. The largest absolute Gasteiger partial charge is 0.321 e. The van der Waals surface area contributed by atoms with E-state index in [1.54, 1.807) is 18.3 Å². The first-order valence-corrected chi connectivity index (χ1v) is 5.28. The molecule has 0 unspecified atom stereocenters. The second-order valence-electron chi connectivity index (χ2n) is 4.32. The summed E-state index contributed by atoms with van der Waals surface area (Å²) in [5, 5.41) is 6.96. The van der Waals surface area contributed by atoms with Crippen LogP contribution in [0.5, 0.6) is 0 Å². The molecule has 1 aromatic carbocycles. The number of rotatable bonds is 2. The van der Waals surface area contributed by atoms with E-state index in [0.29, 0.717) is 0 Å². The Morgan fingerprint density at radius 3 is 2.56 bits per heavy atom. The maximum Gasteiger partial charge on any atom is 0.123 e.